The summed E-state index contributed by atoms with van der Waals surface area (Å²) in [4.78, 5) is 13.4. The van der Waals surface area contributed by atoms with Gasteiger partial charge in [0, 0.05) is 17.1 Å². The minimum atomic E-state index is 0.105. The van der Waals surface area contributed by atoms with E-state index in [-0.39, 0.29) is 11.9 Å². The first-order valence-corrected chi connectivity index (χ1v) is 9.00. The summed E-state index contributed by atoms with van der Waals surface area (Å²) in [6, 6.07) is 18.2. The van der Waals surface area contributed by atoms with Gasteiger partial charge in [-0.2, -0.15) is 0 Å². The monoisotopic (exact) mass is 327 g/mol. The summed E-state index contributed by atoms with van der Waals surface area (Å²) in [5.41, 5.74) is 1.25. The zero-order valence-electron chi connectivity index (χ0n) is 13.0. The fourth-order valence-corrected chi connectivity index (χ4v) is 3.82. The molecule has 1 N–H and O–H groups in total. The molecule has 1 aliphatic rings. The number of rotatable bonds is 6. The molecule has 2 aromatic carbocycles. The fourth-order valence-electron chi connectivity index (χ4n) is 2.70. The molecular formula is C19H21NO2S. The molecule has 0 unspecified atom stereocenters. The number of ether oxygens (including phenoxy) is 1. The average molecular weight is 327 g/mol. The number of para-hydroxylation sites is 1. The van der Waals surface area contributed by atoms with Crippen LogP contribution in [0.3, 0.4) is 0 Å². The molecule has 1 heterocycles. The lowest BCUT2D eigenvalue weighted by atomic mass is 10.0. The molecule has 0 aromatic heterocycles. The number of amides is 1. The van der Waals surface area contributed by atoms with Crippen LogP contribution in [0.25, 0.3) is 0 Å². The van der Waals surface area contributed by atoms with Crippen LogP contribution in [0, 0.1) is 0 Å². The molecule has 23 heavy (non-hydrogen) atoms. The highest BCUT2D eigenvalue weighted by Gasteiger charge is 2.21. The second-order valence-corrected chi connectivity index (χ2v) is 6.70. The Bertz CT molecular complexity index is 645. The van der Waals surface area contributed by atoms with Crippen molar-refractivity contribution in [1.29, 1.82) is 0 Å². The standard InChI is InChI=1S/C19H21NO2S/c21-19(11-6-13-22-15-7-2-1-3-8-15)20-17-12-14-23-18-10-5-4-9-16(17)18/h1-5,7-10,17H,6,11-14H2,(H,20,21)/t17-/m1/s1. The van der Waals surface area contributed by atoms with Crippen molar-refractivity contribution in [3.05, 3.63) is 60.2 Å². The number of fused-ring (bicyclic) bond motifs is 1. The van der Waals surface area contributed by atoms with Gasteiger partial charge in [-0.1, -0.05) is 36.4 Å². The predicted octanol–water partition coefficient (Wildman–Crippen LogP) is 4.20. The second-order valence-electron chi connectivity index (χ2n) is 5.56. The number of hydrogen-bond donors (Lipinski definition) is 1. The van der Waals surface area contributed by atoms with Crippen LogP contribution in [-0.4, -0.2) is 18.3 Å². The van der Waals surface area contributed by atoms with Crippen LogP contribution in [0.4, 0.5) is 0 Å². The van der Waals surface area contributed by atoms with Gasteiger partial charge in [-0.25, -0.2) is 0 Å². The van der Waals surface area contributed by atoms with Crippen LogP contribution < -0.4 is 10.1 Å². The van der Waals surface area contributed by atoms with Crippen molar-refractivity contribution in [2.45, 2.75) is 30.2 Å². The first kappa shape index (κ1) is 15.9. The highest BCUT2D eigenvalue weighted by molar-refractivity contribution is 7.99. The third kappa shape index (κ3) is 4.52. The summed E-state index contributed by atoms with van der Waals surface area (Å²) in [6.45, 7) is 0.564. The van der Waals surface area contributed by atoms with Gasteiger partial charge in [0.2, 0.25) is 5.91 Å². The van der Waals surface area contributed by atoms with Gasteiger partial charge in [-0.3, -0.25) is 4.79 Å². The maximum absolute atomic E-state index is 12.2. The molecule has 1 amide bonds. The minimum absolute atomic E-state index is 0.105. The molecular weight excluding hydrogens is 306 g/mol. The number of thioether (sulfide) groups is 1. The van der Waals surface area contributed by atoms with Crippen molar-refractivity contribution < 1.29 is 9.53 Å². The molecule has 0 saturated heterocycles. The van der Waals surface area contributed by atoms with Gasteiger partial charge in [0.1, 0.15) is 5.75 Å². The van der Waals surface area contributed by atoms with Gasteiger partial charge in [0.05, 0.1) is 12.6 Å². The van der Waals surface area contributed by atoms with Crippen molar-refractivity contribution in [3.63, 3.8) is 0 Å². The lowest BCUT2D eigenvalue weighted by Gasteiger charge is -2.25. The van der Waals surface area contributed by atoms with Gasteiger partial charge >= 0.3 is 0 Å². The zero-order valence-corrected chi connectivity index (χ0v) is 13.9. The number of benzene rings is 2. The van der Waals surface area contributed by atoms with Gasteiger partial charge in [0.15, 0.2) is 0 Å². The van der Waals surface area contributed by atoms with Crippen molar-refractivity contribution in [2.24, 2.45) is 0 Å². The molecule has 3 rings (SSSR count). The summed E-state index contributed by atoms with van der Waals surface area (Å²) < 4.78 is 5.62. The average Bonchev–Trinajstić information content (AvgIpc) is 2.60. The lowest BCUT2D eigenvalue weighted by Crippen LogP contribution is -2.30. The Morgan fingerprint density at radius 1 is 1.13 bits per heavy atom. The third-order valence-electron chi connectivity index (χ3n) is 3.85. The molecule has 0 saturated carbocycles. The summed E-state index contributed by atoms with van der Waals surface area (Å²) >= 11 is 1.87. The van der Waals surface area contributed by atoms with E-state index in [4.69, 9.17) is 4.74 Å². The zero-order chi connectivity index (χ0) is 15.9. The number of hydrogen-bond acceptors (Lipinski definition) is 3. The molecule has 2 aromatic rings. The Morgan fingerprint density at radius 2 is 1.91 bits per heavy atom. The van der Waals surface area contributed by atoms with E-state index in [0.29, 0.717) is 13.0 Å². The van der Waals surface area contributed by atoms with Crippen LogP contribution in [0.1, 0.15) is 30.9 Å². The van der Waals surface area contributed by atoms with Gasteiger partial charge < -0.3 is 10.1 Å². The number of carbonyl (C=O) groups is 1. The van der Waals surface area contributed by atoms with Crippen LogP contribution in [0.5, 0.6) is 5.75 Å². The van der Waals surface area contributed by atoms with Crippen LogP contribution in [0.2, 0.25) is 0 Å². The Kier molecular flexibility index (Phi) is 5.59. The Labute approximate surface area is 141 Å². The molecule has 0 fully saturated rings. The van der Waals surface area contributed by atoms with Gasteiger partial charge in [-0.05, 0) is 36.6 Å². The van der Waals surface area contributed by atoms with Crippen LogP contribution in [0.15, 0.2) is 59.5 Å². The van der Waals surface area contributed by atoms with E-state index in [1.165, 1.54) is 10.5 Å². The highest BCUT2D eigenvalue weighted by atomic mass is 32.2. The largest absolute Gasteiger partial charge is 0.494 e. The topological polar surface area (TPSA) is 38.3 Å². The molecule has 120 valence electrons. The fraction of sp³-hybridized carbons (Fsp3) is 0.316. The normalized spacial score (nSPS) is 16.4. The van der Waals surface area contributed by atoms with E-state index in [1.807, 2.05) is 48.2 Å². The van der Waals surface area contributed by atoms with Gasteiger partial charge in [0.25, 0.3) is 0 Å². The van der Waals surface area contributed by atoms with E-state index in [1.54, 1.807) is 0 Å². The van der Waals surface area contributed by atoms with E-state index in [9.17, 15) is 4.79 Å². The molecule has 4 heteroatoms. The molecule has 3 nitrogen and oxygen atoms in total. The summed E-state index contributed by atoms with van der Waals surface area (Å²) in [5.74, 6) is 2.01. The molecule has 1 atom stereocenters. The molecule has 0 bridgehead atoms. The van der Waals surface area contributed by atoms with E-state index >= 15 is 0 Å². The number of nitrogens with one attached hydrogen (secondary N) is 1. The molecule has 0 spiro atoms. The van der Waals surface area contributed by atoms with E-state index < -0.39 is 0 Å². The van der Waals surface area contributed by atoms with E-state index in [0.717, 1.165) is 24.3 Å². The molecule has 1 aliphatic heterocycles. The van der Waals surface area contributed by atoms with Crippen LogP contribution in [-0.2, 0) is 4.79 Å². The van der Waals surface area contributed by atoms with Crippen molar-refractivity contribution in [1.82, 2.24) is 5.32 Å². The third-order valence-corrected chi connectivity index (χ3v) is 4.98. The van der Waals surface area contributed by atoms with Crippen molar-refractivity contribution >= 4 is 17.7 Å². The first-order valence-electron chi connectivity index (χ1n) is 8.02. The molecule has 0 radical (unpaired) electrons. The predicted molar refractivity (Wildman–Crippen MR) is 93.8 cm³/mol. The number of carbonyl (C=O) groups excluding carboxylic acids is 1. The summed E-state index contributed by atoms with van der Waals surface area (Å²) in [5, 5.41) is 3.17. The summed E-state index contributed by atoms with van der Waals surface area (Å²) in [6.07, 6.45) is 2.22. The second kappa shape index (κ2) is 8.06. The Balaban J connectivity index is 1.43. The maximum Gasteiger partial charge on any atom is 0.220 e. The minimum Gasteiger partial charge on any atom is -0.494 e. The maximum atomic E-state index is 12.2. The van der Waals surface area contributed by atoms with E-state index in [2.05, 4.69) is 23.5 Å². The Morgan fingerprint density at radius 3 is 2.78 bits per heavy atom. The smallest absolute Gasteiger partial charge is 0.220 e. The van der Waals surface area contributed by atoms with Crippen molar-refractivity contribution in [2.75, 3.05) is 12.4 Å². The Hall–Kier alpha value is -1.94. The highest BCUT2D eigenvalue weighted by Crippen LogP contribution is 2.35. The quantitative estimate of drug-likeness (QED) is 0.808. The molecule has 0 aliphatic carbocycles. The van der Waals surface area contributed by atoms with Crippen LogP contribution >= 0.6 is 11.8 Å². The first-order chi connectivity index (χ1) is 11.3. The van der Waals surface area contributed by atoms with Crippen molar-refractivity contribution in [3.8, 4) is 5.75 Å². The summed E-state index contributed by atoms with van der Waals surface area (Å²) in [7, 11) is 0. The van der Waals surface area contributed by atoms with Gasteiger partial charge in [-0.15, -0.1) is 11.8 Å². The lowest BCUT2D eigenvalue weighted by molar-refractivity contribution is -0.122. The SMILES string of the molecule is O=C(CCCOc1ccccc1)N[C@@H]1CCSc2ccccc21.